The number of carbonyl (C=O) groups excluding carboxylic acids is 1. The van der Waals surface area contributed by atoms with Crippen LogP contribution in [0.2, 0.25) is 0 Å². The van der Waals surface area contributed by atoms with Crippen molar-refractivity contribution in [3.8, 4) is 11.3 Å². The molecule has 0 radical (unpaired) electrons. The molecule has 0 saturated heterocycles. The molecular weight excluding hydrogens is 487 g/mol. The first-order valence-corrected chi connectivity index (χ1v) is 8.80. The molecular formula is C19H9BrF7NO2. The van der Waals surface area contributed by atoms with Crippen LogP contribution in [0.3, 0.4) is 0 Å². The van der Waals surface area contributed by atoms with E-state index < -0.39 is 46.7 Å². The molecule has 0 fully saturated rings. The first kappa shape index (κ1) is 21.9. The molecule has 0 spiro atoms. The molecule has 3 rings (SSSR count). The van der Waals surface area contributed by atoms with Gasteiger partial charge in [0.2, 0.25) is 5.76 Å². The minimum absolute atomic E-state index is 0.195. The van der Waals surface area contributed by atoms with Gasteiger partial charge in [-0.25, -0.2) is 4.39 Å². The summed E-state index contributed by atoms with van der Waals surface area (Å²) in [6.45, 7) is 0. The average molecular weight is 496 g/mol. The fraction of sp³-hybridized carbons (Fsp3) is 0.105. The fourth-order valence-electron chi connectivity index (χ4n) is 2.55. The molecule has 1 amide bonds. The number of rotatable bonds is 3. The summed E-state index contributed by atoms with van der Waals surface area (Å²) in [5.41, 5.74) is -2.80. The van der Waals surface area contributed by atoms with Crippen LogP contribution in [0.25, 0.3) is 11.3 Å². The molecule has 3 aromatic rings. The van der Waals surface area contributed by atoms with Gasteiger partial charge in [0.05, 0.1) is 11.1 Å². The molecule has 0 aliphatic heterocycles. The van der Waals surface area contributed by atoms with Gasteiger partial charge in [-0.15, -0.1) is 0 Å². The predicted molar refractivity (Wildman–Crippen MR) is 96.2 cm³/mol. The lowest BCUT2D eigenvalue weighted by atomic mass is 10.1. The average Bonchev–Trinajstić information content (AvgIpc) is 3.07. The lowest BCUT2D eigenvalue weighted by Gasteiger charge is -2.11. The molecule has 2 aromatic carbocycles. The third-order valence-electron chi connectivity index (χ3n) is 3.85. The largest absolute Gasteiger partial charge is 0.451 e. The monoisotopic (exact) mass is 495 g/mol. The standard InChI is InChI=1S/C19H9BrF7NO2/c20-11-3-1-9(2-4-11)15-8-14(16(30-15)19(25,26)27)17(29)28-13-6-10(18(22,23)24)5-12(21)7-13/h1-8H,(H,28,29). The first-order chi connectivity index (χ1) is 13.8. The minimum Gasteiger partial charge on any atom is -0.451 e. The molecule has 1 N–H and O–H groups in total. The highest BCUT2D eigenvalue weighted by Gasteiger charge is 2.40. The van der Waals surface area contributed by atoms with Crippen LogP contribution in [-0.2, 0) is 12.4 Å². The summed E-state index contributed by atoms with van der Waals surface area (Å²) in [6.07, 6.45) is -9.97. The number of benzene rings is 2. The second-order valence-corrected chi connectivity index (χ2v) is 6.95. The minimum atomic E-state index is -5.06. The zero-order chi connectivity index (χ0) is 22.3. The van der Waals surface area contributed by atoms with Crippen LogP contribution in [0.1, 0.15) is 21.7 Å². The van der Waals surface area contributed by atoms with Gasteiger partial charge in [-0.05, 0) is 36.4 Å². The van der Waals surface area contributed by atoms with Crippen molar-refractivity contribution in [1.82, 2.24) is 0 Å². The van der Waals surface area contributed by atoms with Crippen molar-refractivity contribution in [2.45, 2.75) is 12.4 Å². The fourth-order valence-corrected chi connectivity index (χ4v) is 2.81. The van der Waals surface area contributed by atoms with E-state index in [-0.39, 0.29) is 17.4 Å². The van der Waals surface area contributed by atoms with Crippen LogP contribution in [0.5, 0.6) is 0 Å². The summed E-state index contributed by atoms with van der Waals surface area (Å²) < 4.78 is 97.4. The number of alkyl halides is 6. The lowest BCUT2D eigenvalue weighted by molar-refractivity contribution is -0.153. The maximum absolute atomic E-state index is 13.5. The quantitative estimate of drug-likeness (QED) is 0.392. The maximum atomic E-state index is 13.5. The number of carbonyl (C=O) groups is 1. The lowest BCUT2D eigenvalue weighted by Crippen LogP contribution is -2.17. The Hall–Kier alpha value is -2.82. The van der Waals surface area contributed by atoms with E-state index in [1.54, 1.807) is 0 Å². The zero-order valence-corrected chi connectivity index (χ0v) is 16.0. The molecule has 3 nitrogen and oxygen atoms in total. The number of hydrogen-bond donors (Lipinski definition) is 1. The highest BCUT2D eigenvalue weighted by atomic mass is 79.9. The van der Waals surface area contributed by atoms with Gasteiger partial charge in [-0.1, -0.05) is 28.1 Å². The Balaban J connectivity index is 1.99. The molecule has 0 saturated carbocycles. The number of hydrogen-bond acceptors (Lipinski definition) is 2. The molecule has 0 atom stereocenters. The van der Waals surface area contributed by atoms with E-state index in [4.69, 9.17) is 4.42 Å². The number of halogens is 8. The summed E-state index contributed by atoms with van der Waals surface area (Å²) in [6, 6.07) is 7.91. The third-order valence-corrected chi connectivity index (χ3v) is 4.37. The van der Waals surface area contributed by atoms with E-state index in [1.165, 1.54) is 24.3 Å². The van der Waals surface area contributed by atoms with E-state index in [0.29, 0.717) is 16.6 Å². The van der Waals surface area contributed by atoms with Crippen LogP contribution < -0.4 is 5.32 Å². The summed E-state index contributed by atoms with van der Waals surface area (Å²) in [4.78, 5) is 12.4. The van der Waals surface area contributed by atoms with Crippen molar-refractivity contribution in [1.29, 1.82) is 0 Å². The third kappa shape index (κ3) is 4.84. The molecule has 0 unspecified atom stereocenters. The predicted octanol–water partition coefficient (Wildman–Crippen LogP) is 7.14. The van der Waals surface area contributed by atoms with E-state index in [1.807, 2.05) is 5.32 Å². The summed E-state index contributed by atoms with van der Waals surface area (Å²) in [5, 5.41) is 1.85. The first-order valence-electron chi connectivity index (χ1n) is 8.00. The van der Waals surface area contributed by atoms with Crippen molar-refractivity contribution in [3.63, 3.8) is 0 Å². The second kappa shape index (κ2) is 7.78. The SMILES string of the molecule is O=C(Nc1cc(F)cc(C(F)(F)F)c1)c1cc(-c2ccc(Br)cc2)oc1C(F)(F)F. The maximum Gasteiger partial charge on any atom is 0.450 e. The molecule has 0 bridgehead atoms. The Morgan fingerprint density at radius 3 is 2.10 bits per heavy atom. The van der Waals surface area contributed by atoms with Crippen molar-refractivity contribution < 1.29 is 39.9 Å². The van der Waals surface area contributed by atoms with Crippen molar-refractivity contribution in [3.05, 3.63) is 75.7 Å². The van der Waals surface area contributed by atoms with Gasteiger partial charge in [-0.3, -0.25) is 4.79 Å². The summed E-state index contributed by atoms with van der Waals surface area (Å²) in [7, 11) is 0. The highest BCUT2D eigenvalue weighted by Crippen LogP contribution is 2.38. The highest BCUT2D eigenvalue weighted by molar-refractivity contribution is 9.10. The number of anilines is 1. The van der Waals surface area contributed by atoms with Crippen molar-refractivity contribution in [2.75, 3.05) is 5.32 Å². The van der Waals surface area contributed by atoms with Crippen LogP contribution >= 0.6 is 15.9 Å². The van der Waals surface area contributed by atoms with Gasteiger partial charge in [0.15, 0.2) is 0 Å². The molecule has 1 heterocycles. The van der Waals surface area contributed by atoms with Gasteiger partial charge in [-0.2, -0.15) is 26.3 Å². The normalized spacial score (nSPS) is 12.1. The van der Waals surface area contributed by atoms with Gasteiger partial charge < -0.3 is 9.73 Å². The van der Waals surface area contributed by atoms with Gasteiger partial charge in [0.1, 0.15) is 11.6 Å². The molecule has 11 heteroatoms. The Morgan fingerprint density at radius 2 is 1.53 bits per heavy atom. The number of nitrogens with one attached hydrogen (secondary N) is 1. The van der Waals surface area contributed by atoms with Gasteiger partial charge >= 0.3 is 12.4 Å². The summed E-state index contributed by atoms with van der Waals surface area (Å²) >= 11 is 3.17. The Bertz CT molecular complexity index is 1090. The van der Waals surface area contributed by atoms with Crippen LogP contribution in [0, 0.1) is 5.82 Å². The smallest absolute Gasteiger partial charge is 0.450 e. The van der Waals surface area contributed by atoms with Crippen LogP contribution in [0.15, 0.2) is 57.4 Å². The van der Waals surface area contributed by atoms with Gasteiger partial charge in [0, 0.05) is 15.7 Å². The number of amides is 1. The molecule has 1 aromatic heterocycles. The zero-order valence-electron chi connectivity index (χ0n) is 14.5. The molecule has 158 valence electrons. The Kier molecular flexibility index (Phi) is 5.68. The van der Waals surface area contributed by atoms with E-state index in [9.17, 15) is 35.5 Å². The van der Waals surface area contributed by atoms with Crippen LogP contribution in [0.4, 0.5) is 36.4 Å². The molecule has 0 aliphatic rings. The van der Waals surface area contributed by atoms with Gasteiger partial charge in [0.25, 0.3) is 5.91 Å². The molecule has 0 aliphatic carbocycles. The van der Waals surface area contributed by atoms with E-state index >= 15 is 0 Å². The van der Waals surface area contributed by atoms with Crippen molar-refractivity contribution in [2.24, 2.45) is 0 Å². The van der Waals surface area contributed by atoms with E-state index in [0.717, 1.165) is 6.07 Å². The molecule has 30 heavy (non-hydrogen) atoms. The topological polar surface area (TPSA) is 42.2 Å². The number of furan rings is 1. The summed E-state index contributed by atoms with van der Waals surface area (Å²) in [5.74, 6) is -4.65. The van der Waals surface area contributed by atoms with Crippen LogP contribution in [-0.4, -0.2) is 5.91 Å². The Morgan fingerprint density at radius 1 is 0.900 bits per heavy atom. The Labute approximate surface area is 172 Å². The second-order valence-electron chi connectivity index (χ2n) is 6.04. The van der Waals surface area contributed by atoms with E-state index in [2.05, 4.69) is 15.9 Å². The van der Waals surface area contributed by atoms with Crippen molar-refractivity contribution >= 4 is 27.5 Å².